The van der Waals surface area contributed by atoms with Gasteiger partial charge in [-0.15, -0.1) is 0 Å². The summed E-state index contributed by atoms with van der Waals surface area (Å²) >= 11 is 0. The van der Waals surface area contributed by atoms with Crippen LogP contribution in [0.5, 0.6) is 5.88 Å². The molecule has 1 atom stereocenters. The molecule has 110 valence electrons. The van der Waals surface area contributed by atoms with E-state index in [0.717, 1.165) is 0 Å². The van der Waals surface area contributed by atoms with Gasteiger partial charge in [0.2, 0.25) is 5.88 Å². The molecule has 0 saturated carbocycles. The van der Waals surface area contributed by atoms with Crippen molar-refractivity contribution in [2.45, 2.75) is 17.1 Å². The quantitative estimate of drug-likeness (QED) is 0.883. The lowest BCUT2D eigenvalue weighted by Crippen LogP contribution is -2.02. The first kappa shape index (κ1) is 15.2. The van der Waals surface area contributed by atoms with Gasteiger partial charge in [0.15, 0.2) is 0 Å². The molecule has 1 unspecified atom stereocenters. The maximum Gasteiger partial charge on any atom is 0.307 e. The first-order valence-electron chi connectivity index (χ1n) is 6.27. The van der Waals surface area contributed by atoms with Crippen LogP contribution in [0.15, 0.2) is 47.4 Å². The van der Waals surface area contributed by atoms with Gasteiger partial charge in [0.1, 0.15) is 0 Å². The van der Waals surface area contributed by atoms with Crippen LogP contribution < -0.4 is 4.74 Å². The number of methoxy groups -OCH3 is 1. The third kappa shape index (κ3) is 4.39. The molecule has 0 aliphatic heterocycles. The van der Waals surface area contributed by atoms with Gasteiger partial charge in [-0.1, -0.05) is 18.2 Å². The number of hydrogen-bond acceptors (Lipinski definition) is 4. The van der Waals surface area contributed by atoms with E-state index in [9.17, 15) is 9.00 Å². The van der Waals surface area contributed by atoms with Crippen LogP contribution in [-0.2, 0) is 27.8 Å². The molecule has 6 heteroatoms. The average Bonchev–Trinajstić information content (AvgIpc) is 2.47. The van der Waals surface area contributed by atoms with Gasteiger partial charge in [0.05, 0.1) is 35.8 Å². The number of aromatic nitrogens is 1. The van der Waals surface area contributed by atoms with Crippen LogP contribution >= 0.6 is 0 Å². The molecule has 1 N–H and O–H groups in total. The summed E-state index contributed by atoms with van der Waals surface area (Å²) in [7, 11) is 0.301. The van der Waals surface area contributed by atoms with Crippen LogP contribution in [-0.4, -0.2) is 27.4 Å². The van der Waals surface area contributed by atoms with Gasteiger partial charge in [-0.3, -0.25) is 9.00 Å². The van der Waals surface area contributed by atoms with E-state index in [4.69, 9.17) is 9.84 Å². The SMILES string of the molecule is COc1cccc(CS(=O)c2ccc(CC(=O)O)cc2)n1. The van der Waals surface area contributed by atoms with Crippen LogP contribution in [0.1, 0.15) is 11.3 Å². The predicted molar refractivity (Wildman–Crippen MR) is 78.7 cm³/mol. The van der Waals surface area contributed by atoms with E-state index in [0.29, 0.717) is 22.0 Å². The highest BCUT2D eigenvalue weighted by Gasteiger charge is 2.08. The van der Waals surface area contributed by atoms with E-state index in [1.165, 1.54) is 7.11 Å². The highest BCUT2D eigenvalue weighted by Crippen LogP contribution is 2.15. The predicted octanol–water partition coefficient (Wildman–Crippen LogP) is 2.03. The van der Waals surface area contributed by atoms with E-state index in [2.05, 4.69) is 4.98 Å². The number of hydrogen-bond donors (Lipinski definition) is 1. The number of pyridine rings is 1. The fourth-order valence-electron chi connectivity index (χ4n) is 1.80. The lowest BCUT2D eigenvalue weighted by molar-refractivity contribution is -0.136. The van der Waals surface area contributed by atoms with Gasteiger partial charge < -0.3 is 9.84 Å². The molecule has 2 aromatic rings. The number of carbonyl (C=O) groups is 1. The van der Waals surface area contributed by atoms with Crippen LogP contribution in [0, 0.1) is 0 Å². The Labute approximate surface area is 125 Å². The number of ether oxygens (including phenoxy) is 1. The standard InChI is InChI=1S/C15H15NO4S/c1-20-14-4-2-3-12(16-14)10-21(19)13-7-5-11(6-8-13)9-15(17)18/h2-8H,9-10H2,1H3,(H,17,18). The summed E-state index contributed by atoms with van der Waals surface area (Å²) in [6.07, 6.45) is -0.0373. The third-order valence-electron chi connectivity index (χ3n) is 2.81. The Morgan fingerprint density at radius 3 is 2.57 bits per heavy atom. The molecular weight excluding hydrogens is 290 g/mol. The molecule has 0 spiro atoms. The second kappa shape index (κ2) is 6.99. The number of benzene rings is 1. The first-order chi connectivity index (χ1) is 10.1. The fraction of sp³-hybridized carbons (Fsp3) is 0.200. The lowest BCUT2D eigenvalue weighted by atomic mass is 10.2. The van der Waals surface area contributed by atoms with Crippen LogP contribution in [0.2, 0.25) is 0 Å². The second-order valence-electron chi connectivity index (χ2n) is 4.38. The van der Waals surface area contributed by atoms with Gasteiger partial charge >= 0.3 is 5.97 Å². The maximum absolute atomic E-state index is 12.3. The Morgan fingerprint density at radius 1 is 1.24 bits per heavy atom. The summed E-state index contributed by atoms with van der Waals surface area (Å²) in [6, 6.07) is 12.1. The van der Waals surface area contributed by atoms with Crippen LogP contribution in [0.25, 0.3) is 0 Å². The van der Waals surface area contributed by atoms with Crippen molar-refractivity contribution < 1.29 is 18.8 Å². The number of carboxylic acid groups (broad SMARTS) is 1. The van der Waals surface area contributed by atoms with Gasteiger partial charge in [-0.25, -0.2) is 4.98 Å². The minimum atomic E-state index is -1.23. The largest absolute Gasteiger partial charge is 0.481 e. The zero-order valence-corrected chi connectivity index (χ0v) is 12.3. The molecule has 5 nitrogen and oxygen atoms in total. The molecule has 0 fully saturated rings. The van der Waals surface area contributed by atoms with Crippen molar-refractivity contribution in [2.24, 2.45) is 0 Å². The molecule has 2 rings (SSSR count). The summed E-state index contributed by atoms with van der Waals surface area (Å²) in [6.45, 7) is 0. The Morgan fingerprint density at radius 2 is 1.95 bits per heavy atom. The fourth-order valence-corrected chi connectivity index (χ4v) is 2.84. The van der Waals surface area contributed by atoms with E-state index in [1.807, 2.05) is 0 Å². The zero-order valence-electron chi connectivity index (χ0n) is 11.5. The summed E-state index contributed by atoms with van der Waals surface area (Å²) in [5.74, 6) is -0.110. The van der Waals surface area contributed by atoms with Gasteiger partial charge in [0, 0.05) is 11.0 Å². The summed E-state index contributed by atoms with van der Waals surface area (Å²) < 4.78 is 17.3. The number of rotatable bonds is 6. The molecule has 1 aromatic carbocycles. The molecule has 0 amide bonds. The second-order valence-corrected chi connectivity index (χ2v) is 5.83. The van der Waals surface area contributed by atoms with Crippen molar-refractivity contribution in [1.29, 1.82) is 0 Å². The zero-order chi connectivity index (χ0) is 15.2. The maximum atomic E-state index is 12.3. The highest BCUT2D eigenvalue weighted by molar-refractivity contribution is 7.84. The molecule has 1 heterocycles. The molecule has 0 radical (unpaired) electrons. The summed E-state index contributed by atoms with van der Waals surface area (Å²) in [4.78, 5) is 15.5. The topological polar surface area (TPSA) is 76.5 Å². The monoisotopic (exact) mass is 305 g/mol. The summed E-state index contributed by atoms with van der Waals surface area (Å²) in [5, 5.41) is 8.71. The minimum absolute atomic E-state index is 0.0373. The normalized spacial score (nSPS) is 11.9. The van der Waals surface area contributed by atoms with Crippen LogP contribution in [0.3, 0.4) is 0 Å². The lowest BCUT2D eigenvalue weighted by Gasteiger charge is -2.05. The van der Waals surface area contributed by atoms with E-state index in [-0.39, 0.29) is 12.2 Å². The molecular formula is C15H15NO4S. The van der Waals surface area contributed by atoms with Crippen molar-refractivity contribution in [2.75, 3.05) is 7.11 Å². The number of carboxylic acids is 1. The smallest absolute Gasteiger partial charge is 0.307 e. The Kier molecular flexibility index (Phi) is 5.05. The molecule has 0 bridgehead atoms. The Hall–Kier alpha value is -2.21. The van der Waals surface area contributed by atoms with Crippen molar-refractivity contribution in [3.63, 3.8) is 0 Å². The molecule has 21 heavy (non-hydrogen) atoms. The van der Waals surface area contributed by atoms with Crippen LogP contribution in [0.4, 0.5) is 0 Å². The minimum Gasteiger partial charge on any atom is -0.481 e. The summed E-state index contributed by atoms with van der Waals surface area (Å²) in [5.41, 5.74) is 1.37. The Bertz CT molecular complexity index is 655. The molecule has 1 aromatic heterocycles. The average molecular weight is 305 g/mol. The van der Waals surface area contributed by atoms with Crippen molar-refractivity contribution in [3.8, 4) is 5.88 Å². The van der Waals surface area contributed by atoms with Crippen molar-refractivity contribution in [1.82, 2.24) is 4.98 Å². The molecule has 0 aliphatic rings. The number of nitrogens with zero attached hydrogens (tertiary/aromatic N) is 1. The van der Waals surface area contributed by atoms with E-state index < -0.39 is 16.8 Å². The Balaban J connectivity index is 2.07. The van der Waals surface area contributed by atoms with Gasteiger partial charge in [0.25, 0.3) is 0 Å². The van der Waals surface area contributed by atoms with E-state index in [1.54, 1.807) is 42.5 Å². The molecule has 0 saturated heterocycles. The number of aliphatic carboxylic acids is 1. The van der Waals surface area contributed by atoms with Gasteiger partial charge in [-0.05, 0) is 23.8 Å². The third-order valence-corrected chi connectivity index (χ3v) is 4.17. The highest BCUT2D eigenvalue weighted by atomic mass is 32.2. The van der Waals surface area contributed by atoms with Gasteiger partial charge in [-0.2, -0.15) is 0 Å². The first-order valence-corrected chi connectivity index (χ1v) is 7.59. The van der Waals surface area contributed by atoms with Crippen molar-refractivity contribution >= 4 is 16.8 Å². The molecule has 0 aliphatic carbocycles. The van der Waals surface area contributed by atoms with E-state index >= 15 is 0 Å². The van der Waals surface area contributed by atoms with Crippen molar-refractivity contribution in [3.05, 3.63) is 53.7 Å².